The van der Waals surface area contributed by atoms with Crippen LogP contribution in [0.2, 0.25) is 0 Å². The van der Waals surface area contributed by atoms with E-state index in [1.165, 1.54) is 0 Å². The zero-order valence-electron chi connectivity index (χ0n) is 21.6. The van der Waals surface area contributed by atoms with Gasteiger partial charge in [0.15, 0.2) is 0 Å². The maximum atomic E-state index is 12.6. The molecule has 2 amide bonds. The number of nitrogens with zero attached hydrogens (tertiary/aromatic N) is 5. The lowest BCUT2D eigenvalue weighted by molar-refractivity contribution is -0.111. The average Bonchev–Trinajstić information content (AvgIpc) is 3.22. The summed E-state index contributed by atoms with van der Waals surface area (Å²) >= 11 is 0. The van der Waals surface area contributed by atoms with Crippen LogP contribution in [-0.2, 0) is 29.5 Å². The minimum absolute atomic E-state index is 0.0764. The fourth-order valence-corrected chi connectivity index (χ4v) is 4.06. The summed E-state index contributed by atoms with van der Waals surface area (Å²) in [5, 5.41) is 10.4. The SMILES string of the molecule is COCCc1cc(-c2ccnc(Nc3cnn(C)c3)n2)ccc1CNC(=O)N1CC(OC(C)(C)C)C1. The molecule has 1 aliphatic heterocycles. The summed E-state index contributed by atoms with van der Waals surface area (Å²) in [6, 6.07) is 7.97. The number of rotatable bonds is 9. The van der Waals surface area contributed by atoms with Crippen LogP contribution in [-0.4, -0.2) is 69.2 Å². The highest BCUT2D eigenvalue weighted by atomic mass is 16.5. The van der Waals surface area contributed by atoms with Gasteiger partial charge in [-0.2, -0.15) is 5.10 Å². The summed E-state index contributed by atoms with van der Waals surface area (Å²) in [6.07, 6.45) is 6.14. The molecule has 10 nitrogen and oxygen atoms in total. The number of aryl methyl sites for hydroxylation is 1. The van der Waals surface area contributed by atoms with Gasteiger partial charge in [0, 0.05) is 38.7 Å². The Hall–Kier alpha value is -3.50. The molecule has 192 valence electrons. The molecule has 2 N–H and O–H groups in total. The van der Waals surface area contributed by atoms with Gasteiger partial charge in [0.2, 0.25) is 5.95 Å². The third-order valence-electron chi connectivity index (χ3n) is 5.78. The molecule has 1 aromatic carbocycles. The molecule has 0 aliphatic carbocycles. The molecular formula is C26H35N7O3. The number of hydrogen-bond donors (Lipinski definition) is 2. The van der Waals surface area contributed by atoms with Gasteiger partial charge in [-0.3, -0.25) is 4.68 Å². The van der Waals surface area contributed by atoms with Gasteiger partial charge in [-0.25, -0.2) is 14.8 Å². The Morgan fingerprint density at radius 3 is 2.69 bits per heavy atom. The molecule has 10 heteroatoms. The van der Waals surface area contributed by atoms with E-state index in [0.717, 1.165) is 34.5 Å². The molecule has 1 aliphatic rings. The van der Waals surface area contributed by atoms with E-state index in [4.69, 9.17) is 9.47 Å². The lowest BCUT2D eigenvalue weighted by Gasteiger charge is -2.41. The fourth-order valence-electron chi connectivity index (χ4n) is 4.06. The van der Waals surface area contributed by atoms with Gasteiger partial charge in [-0.05, 0) is 50.5 Å². The fraction of sp³-hybridized carbons (Fsp3) is 0.462. The minimum atomic E-state index is -0.204. The van der Waals surface area contributed by atoms with E-state index in [1.54, 1.807) is 29.1 Å². The largest absolute Gasteiger partial charge is 0.384 e. The lowest BCUT2D eigenvalue weighted by atomic mass is 9.99. The van der Waals surface area contributed by atoms with E-state index in [1.807, 2.05) is 52.2 Å². The van der Waals surface area contributed by atoms with Gasteiger partial charge in [0.05, 0.1) is 49.0 Å². The van der Waals surface area contributed by atoms with Crippen LogP contribution in [0.5, 0.6) is 0 Å². The van der Waals surface area contributed by atoms with E-state index in [9.17, 15) is 4.79 Å². The molecule has 2 aromatic heterocycles. The normalized spacial score (nSPS) is 14.0. The summed E-state index contributed by atoms with van der Waals surface area (Å²) in [5.74, 6) is 0.499. The van der Waals surface area contributed by atoms with Gasteiger partial charge >= 0.3 is 6.03 Å². The molecule has 3 aromatic rings. The lowest BCUT2D eigenvalue weighted by Crippen LogP contribution is -2.59. The summed E-state index contributed by atoms with van der Waals surface area (Å²) in [7, 11) is 3.54. The van der Waals surface area contributed by atoms with E-state index < -0.39 is 0 Å². The standard InChI is InChI=1S/C26H35N7O3/c1-26(2,3)36-22-16-33(17-22)25(34)28-13-20-7-6-19(12-18(20)9-11-35-5)23-8-10-27-24(31-23)30-21-14-29-32(4)15-21/h6-8,10,12,14-15,22H,9,11,13,16-17H2,1-5H3,(H,28,34)(H,27,30,31). The monoisotopic (exact) mass is 493 g/mol. The van der Waals surface area contributed by atoms with E-state index in [2.05, 4.69) is 31.8 Å². The van der Waals surface area contributed by atoms with Crippen LogP contribution in [0.3, 0.4) is 0 Å². The first-order chi connectivity index (χ1) is 17.2. The third-order valence-corrected chi connectivity index (χ3v) is 5.78. The van der Waals surface area contributed by atoms with E-state index in [-0.39, 0.29) is 17.7 Å². The van der Waals surface area contributed by atoms with Crippen molar-refractivity contribution in [2.75, 3.05) is 32.1 Å². The molecule has 0 spiro atoms. The van der Waals surface area contributed by atoms with E-state index >= 15 is 0 Å². The van der Waals surface area contributed by atoms with Gasteiger partial charge in [-0.1, -0.05) is 12.1 Å². The first-order valence-electron chi connectivity index (χ1n) is 12.1. The zero-order chi connectivity index (χ0) is 25.7. The Kier molecular flexibility index (Phi) is 7.85. The Labute approximate surface area is 212 Å². The smallest absolute Gasteiger partial charge is 0.317 e. The highest BCUT2D eigenvalue weighted by Gasteiger charge is 2.34. The van der Waals surface area contributed by atoms with Crippen molar-refractivity contribution >= 4 is 17.7 Å². The number of likely N-dealkylation sites (tertiary alicyclic amines) is 1. The van der Waals surface area contributed by atoms with Crippen LogP contribution in [0.25, 0.3) is 11.3 Å². The van der Waals surface area contributed by atoms with Crippen LogP contribution in [0.1, 0.15) is 31.9 Å². The Morgan fingerprint density at radius 2 is 2.00 bits per heavy atom. The maximum absolute atomic E-state index is 12.6. The van der Waals surface area contributed by atoms with Gasteiger partial charge in [0.1, 0.15) is 0 Å². The van der Waals surface area contributed by atoms with E-state index in [0.29, 0.717) is 32.2 Å². The number of amides is 2. The van der Waals surface area contributed by atoms with Gasteiger partial charge < -0.3 is 25.0 Å². The third kappa shape index (κ3) is 6.79. The van der Waals surface area contributed by atoms with Crippen molar-refractivity contribution in [3.8, 4) is 11.3 Å². The van der Waals surface area contributed by atoms with Gasteiger partial charge in [-0.15, -0.1) is 0 Å². The van der Waals surface area contributed by atoms with Crippen molar-refractivity contribution in [2.24, 2.45) is 7.05 Å². The highest BCUT2D eigenvalue weighted by molar-refractivity contribution is 5.75. The summed E-state index contributed by atoms with van der Waals surface area (Å²) in [6.45, 7) is 8.34. The quantitative estimate of drug-likeness (QED) is 0.470. The molecular weight excluding hydrogens is 458 g/mol. The predicted octanol–water partition coefficient (Wildman–Crippen LogP) is 3.52. The van der Waals surface area contributed by atoms with Crippen molar-refractivity contribution < 1.29 is 14.3 Å². The number of anilines is 2. The zero-order valence-corrected chi connectivity index (χ0v) is 21.6. The van der Waals surface area contributed by atoms with Crippen molar-refractivity contribution in [3.05, 3.63) is 54.0 Å². The number of carbonyl (C=O) groups is 1. The number of benzene rings is 1. The number of aromatic nitrogens is 4. The topological polar surface area (TPSA) is 106 Å². The van der Waals surface area contributed by atoms with Crippen molar-refractivity contribution in [1.82, 2.24) is 30.0 Å². The van der Waals surface area contributed by atoms with Crippen LogP contribution < -0.4 is 10.6 Å². The van der Waals surface area contributed by atoms with Crippen molar-refractivity contribution in [1.29, 1.82) is 0 Å². The average molecular weight is 494 g/mol. The Bertz CT molecular complexity index is 1180. The van der Waals surface area contributed by atoms with Crippen LogP contribution >= 0.6 is 0 Å². The molecule has 4 rings (SSSR count). The number of hydrogen-bond acceptors (Lipinski definition) is 7. The maximum Gasteiger partial charge on any atom is 0.317 e. The molecule has 0 radical (unpaired) electrons. The molecule has 0 unspecified atom stereocenters. The second-order valence-corrected chi connectivity index (χ2v) is 9.94. The number of nitrogens with one attached hydrogen (secondary N) is 2. The molecule has 0 atom stereocenters. The summed E-state index contributed by atoms with van der Waals surface area (Å²) in [4.78, 5) is 23.4. The molecule has 3 heterocycles. The van der Waals surface area contributed by atoms with Crippen LogP contribution in [0.15, 0.2) is 42.9 Å². The number of carbonyl (C=O) groups excluding carboxylic acids is 1. The summed E-state index contributed by atoms with van der Waals surface area (Å²) < 4.78 is 13.0. The minimum Gasteiger partial charge on any atom is -0.384 e. The Morgan fingerprint density at radius 1 is 1.19 bits per heavy atom. The van der Waals surface area contributed by atoms with Crippen molar-refractivity contribution in [2.45, 2.75) is 45.4 Å². The van der Waals surface area contributed by atoms with Crippen LogP contribution in [0, 0.1) is 0 Å². The first kappa shape index (κ1) is 25.6. The molecule has 0 bridgehead atoms. The Balaban J connectivity index is 1.42. The molecule has 36 heavy (non-hydrogen) atoms. The number of urea groups is 1. The molecule has 0 saturated carbocycles. The highest BCUT2D eigenvalue weighted by Crippen LogP contribution is 2.24. The number of methoxy groups -OCH3 is 1. The second kappa shape index (κ2) is 11.0. The van der Waals surface area contributed by atoms with Gasteiger partial charge in [0.25, 0.3) is 0 Å². The van der Waals surface area contributed by atoms with Crippen LogP contribution in [0.4, 0.5) is 16.4 Å². The molecule has 1 fully saturated rings. The predicted molar refractivity (Wildman–Crippen MR) is 138 cm³/mol. The summed E-state index contributed by atoms with van der Waals surface area (Å²) in [5.41, 5.74) is 4.54. The number of ether oxygens (including phenoxy) is 2. The second-order valence-electron chi connectivity index (χ2n) is 9.94. The van der Waals surface area contributed by atoms with Crippen molar-refractivity contribution in [3.63, 3.8) is 0 Å². The first-order valence-corrected chi connectivity index (χ1v) is 12.1. The molecule has 1 saturated heterocycles.